The van der Waals surface area contributed by atoms with Crippen molar-refractivity contribution in [1.82, 2.24) is 0 Å². The molecule has 0 atom stereocenters. The fraction of sp³-hybridized carbons (Fsp3) is 0.250. The zero-order valence-electron chi connectivity index (χ0n) is 11.3. The van der Waals surface area contributed by atoms with Crippen LogP contribution in [0.5, 0.6) is 23.0 Å². The number of benzene rings is 2. The van der Waals surface area contributed by atoms with Crippen LogP contribution in [-0.4, -0.2) is 11.7 Å². The smallest absolute Gasteiger partial charge is 0.172 e. The first-order chi connectivity index (χ1) is 9.69. The minimum atomic E-state index is 0.0933. The van der Waals surface area contributed by atoms with Crippen molar-refractivity contribution in [3.63, 3.8) is 0 Å². The maximum Gasteiger partial charge on any atom is 0.172 e. The molecule has 0 aliphatic heterocycles. The molecular formula is C16H17BrO3. The lowest BCUT2D eigenvalue weighted by atomic mass is 10.3. The SMILES string of the molecule is CCCCOc1ccc(O)c(Oc2ccc(Br)cc2)c1. The van der Waals surface area contributed by atoms with Gasteiger partial charge in [0.15, 0.2) is 11.5 Å². The van der Waals surface area contributed by atoms with Gasteiger partial charge in [-0.2, -0.15) is 0 Å². The summed E-state index contributed by atoms with van der Waals surface area (Å²) in [6.07, 6.45) is 2.09. The summed E-state index contributed by atoms with van der Waals surface area (Å²) in [6.45, 7) is 2.78. The monoisotopic (exact) mass is 336 g/mol. The third kappa shape index (κ3) is 4.17. The van der Waals surface area contributed by atoms with Gasteiger partial charge in [0.1, 0.15) is 11.5 Å². The Balaban J connectivity index is 2.09. The average molecular weight is 337 g/mol. The van der Waals surface area contributed by atoms with E-state index in [1.54, 1.807) is 18.2 Å². The molecule has 2 aromatic rings. The molecular weight excluding hydrogens is 320 g/mol. The molecule has 0 saturated carbocycles. The Morgan fingerprint density at radius 1 is 1.05 bits per heavy atom. The Hall–Kier alpha value is -1.68. The standard InChI is InChI=1S/C16H17BrO3/c1-2-3-10-19-14-8-9-15(18)16(11-14)20-13-6-4-12(17)5-7-13/h4-9,11,18H,2-3,10H2,1H3. The maximum absolute atomic E-state index is 9.83. The minimum absolute atomic E-state index is 0.0933. The van der Waals surface area contributed by atoms with E-state index in [2.05, 4.69) is 22.9 Å². The molecule has 3 nitrogen and oxygen atoms in total. The molecule has 0 spiro atoms. The molecule has 0 saturated heterocycles. The number of phenols is 1. The summed E-state index contributed by atoms with van der Waals surface area (Å²) >= 11 is 3.37. The fourth-order valence-electron chi connectivity index (χ4n) is 1.63. The van der Waals surface area contributed by atoms with E-state index in [1.165, 1.54) is 0 Å². The van der Waals surface area contributed by atoms with Gasteiger partial charge in [0.05, 0.1) is 6.61 Å². The normalized spacial score (nSPS) is 10.3. The molecule has 1 N–H and O–H groups in total. The summed E-state index contributed by atoms with van der Waals surface area (Å²) < 4.78 is 12.2. The predicted octanol–water partition coefficient (Wildman–Crippen LogP) is 5.13. The van der Waals surface area contributed by atoms with E-state index in [4.69, 9.17) is 9.47 Å². The van der Waals surface area contributed by atoms with Gasteiger partial charge in [-0.3, -0.25) is 0 Å². The Morgan fingerprint density at radius 3 is 2.45 bits per heavy atom. The first-order valence-corrected chi connectivity index (χ1v) is 7.37. The number of halogens is 1. The number of phenolic OH excluding ortho intramolecular Hbond substituents is 1. The third-order valence-electron chi connectivity index (χ3n) is 2.74. The zero-order valence-corrected chi connectivity index (χ0v) is 12.9. The number of aromatic hydroxyl groups is 1. The van der Waals surface area contributed by atoms with E-state index in [0.717, 1.165) is 17.3 Å². The Kier molecular flexibility index (Phi) is 5.30. The molecule has 0 aliphatic carbocycles. The first-order valence-electron chi connectivity index (χ1n) is 6.58. The van der Waals surface area contributed by atoms with Crippen molar-refractivity contribution >= 4 is 15.9 Å². The lowest BCUT2D eigenvalue weighted by molar-refractivity contribution is 0.306. The first kappa shape index (κ1) is 14.7. The molecule has 0 aliphatic rings. The van der Waals surface area contributed by atoms with Crippen molar-refractivity contribution in [2.45, 2.75) is 19.8 Å². The molecule has 0 fully saturated rings. The van der Waals surface area contributed by atoms with E-state index < -0.39 is 0 Å². The molecule has 4 heteroatoms. The third-order valence-corrected chi connectivity index (χ3v) is 3.27. The topological polar surface area (TPSA) is 38.7 Å². The van der Waals surface area contributed by atoms with E-state index in [9.17, 15) is 5.11 Å². The van der Waals surface area contributed by atoms with E-state index in [1.807, 2.05) is 24.3 Å². The number of ether oxygens (including phenoxy) is 2. The van der Waals surface area contributed by atoms with E-state index >= 15 is 0 Å². The van der Waals surface area contributed by atoms with Gasteiger partial charge in [0.25, 0.3) is 0 Å². The zero-order chi connectivity index (χ0) is 14.4. The highest BCUT2D eigenvalue weighted by molar-refractivity contribution is 9.10. The van der Waals surface area contributed by atoms with Crippen LogP contribution in [0.15, 0.2) is 46.9 Å². The maximum atomic E-state index is 9.83. The molecule has 0 radical (unpaired) electrons. The number of hydrogen-bond acceptors (Lipinski definition) is 3. The van der Waals surface area contributed by atoms with Crippen molar-refractivity contribution in [3.05, 3.63) is 46.9 Å². The van der Waals surface area contributed by atoms with Gasteiger partial charge in [-0.05, 0) is 42.8 Å². The molecule has 2 aromatic carbocycles. The highest BCUT2D eigenvalue weighted by Crippen LogP contribution is 2.34. The second kappa shape index (κ2) is 7.20. The van der Waals surface area contributed by atoms with Crippen molar-refractivity contribution in [2.24, 2.45) is 0 Å². The van der Waals surface area contributed by atoms with Crippen LogP contribution in [-0.2, 0) is 0 Å². The predicted molar refractivity (Wildman–Crippen MR) is 82.7 cm³/mol. The van der Waals surface area contributed by atoms with E-state index in [-0.39, 0.29) is 5.75 Å². The van der Waals surface area contributed by atoms with Gasteiger partial charge in [-0.15, -0.1) is 0 Å². The quantitative estimate of drug-likeness (QED) is 0.743. The van der Waals surface area contributed by atoms with Gasteiger partial charge < -0.3 is 14.6 Å². The molecule has 0 amide bonds. The molecule has 20 heavy (non-hydrogen) atoms. The van der Waals surface area contributed by atoms with Crippen LogP contribution < -0.4 is 9.47 Å². The van der Waals surface area contributed by atoms with Crippen LogP contribution in [0.25, 0.3) is 0 Å². The Bertz CT molecular complexity index is 552. The second-order valence-electron chi connectivity index (χ2n) is 4.39. The van der Waals surface area contributed by atoms with Gasteiger partial charge in [-0.1, -0.05) is 29.3 Å². The molecule has 0 aromatic heterocycles. The van der Waals surface area contributed by atoms with Crippen LogP contribution in [0.3, 0.4) is 0 Å². The lowest BCUT2D eigenvalue weighted by Gasteiger charge is -2.10. The molecule has 0 heterocycles. The average Bonchev–Trinajstić information content (AvgIpc) is 2.45. The number of hydrogen-bond donors (Lipinski definition) is 1. The van der Waals surface area contributed by atoms with Crippen LogP contribution in [0.2, 0.25) is 0 Å². The van der Waals surface area contributed by atoms with Crippen LogP contribution in [0.4, 0.5) is 0 Å². The van der Waals surface area contributed by atoms with Gasteiger partial charge in [0.2, 0.25) is 0 Å². The van der Waals surface area contributed by atoms with Gasteiger partial charge in [0, 0.05) is 10.5 Å². The highest BCUT2D eigenvalue weighted by Gasteiger charge is 2.06. The molecule has 0 bridgehead atoms. The molecule has 0 unspecified atom stereocenters. The van der Waals surface area contributed by atoms with Crippen LogP contribution >= 0.6 is 15.9 Å². The van der Waals surface area contributed by atoms with Crippen molar-refractivity contribution in [2.75, 3.05) is 6.61 Å². The van der Waals surface area contributed by atoms with Crippen LogP contribution in [0.1, 0.15) is 19.8 Å². The second-order valence-corrected chi connectivity index (χ2v) is 5.30. The Labute approximate surface area is 127 Å². The van der Waals surface area contributed by atoms with Crippen molar-refractivity contribution in [1.29, 1.82) is 0 Å². The highest BCUT2D eigenvalue weighted by atomic mass is 79.9. The Morgan fingerprint density at radius 2 is 1.75 bits per heavy atom. The van der Waals surface area contributed by atoms with Crippen LogP contribution in [0, 0.1) is 0 Å². The lowest BCUT2D eigenvalue weighted by Crippen LogP contribution is -1.96. The summed E-state index contributed by atoms with van der Waals surface area (Å²) in [5, 5.41) is 9.83. The van der Waals surface area contributed by atoms with Gasteiger partial charge >= 0.3 is 0 Å². The summed E-state index contributed by atoms with van der Waals surface area (Å²) in [5.41, 5.74) is 0. The number of unbranched alkanes of at least 4 members (excludes halogenated alkanes) is 1. The van der Waals surface area contributed by atoms with Gasteiger partial charge in [-0.25, -0.2) is 0 Å². The molecule has 106 valence electrons. The summed E-state index contributed by atoms with van der Waals surface area (Å²) in [5.74, 6) is 1.84. The summed E-state index contributed by atoms with van der Waals surface area (Å²) in [4.78, 5) is 0. The van der Waals surface area contributed by atoms with Crippen molar-refractivity contribution < 1.29 is 14.6 Å². The summed E-state index contributed by atoms with van der Waals surface area (Å²) in [6, 6.07) is 12.4. The summed E-state index contributed by atoms with van der Waals surface area (Å²) in [7, 11) is 0. The molecule has 2 rings (SSSR count). The largest absolute Gasteiger partial charge is 0.504 e. The van der Waals surface area contributed by atoms with E-state index in [0.29, 0.717) is 23.9 Å². The number of rotatable bonds is 6. The van der Waals surface area contributed by atoms with Crippen molar-refractivity contribution in [3.8, 4) is 23.0 Å². The fourth-order valence-corrected chi connectivity index (χ4v) is 1.89. The minimum Gasteiger partial charge on any atom is -0.504 e.